The highest BCUT2D eigenvalue weighted by molar-refractivity contribution is 6.33. The number of esters is 1. The molecule has 0 spiro atoms. The number of carbonyl (C=O) groups excluding carboxylic acids is 2. The Morgan fingerprint density at radius 3 is 2.60 bits per heavy atom. The molecule has 2 fully saturated rings. The van der Waals surface area contributed by atoms with Crippen LogP contribution < -0.4 is 0 Å². The SMILES string of the molecule is O=C1CC(=O)OC(CCc2ccc(C(=O)O)c(Cl)c2)(C2CCCC2)C1. The van der Waals surface area contributed by atoms with E-state index in [0.29, 0.717) is 12.8 Å². The van der Waals surface area contributed by atoms with Gasteiger partial charge in [-0.1, -0.05) is 30.5 Å². The summed E-state index contributed by atoms with van der Waals surface area (Å²) in [7, 11) is 0. The lowest BCUT2D eigenvalue weighted by Crippen LogP contribution is -2.48. The average molecular weight is 365 g/mol. The van der Waals surface area contributed by atoms with Crippen molar-refractivity contribution in [2.75, 3.05) is 0 Å². The van der Waals surface area contributed by atoms with E-state index in [-0.39, 0.29) is 35.1 Å². The van der Waals surface area contributed by atoms with Crippen molar-refractivity contribution in [3.05, 3.63) is 34.3 Å². The number of benzene rings is 1. The lowest BCUT2D eigenvalue weighted by Gasteiger charge is -2.41. The van der Waals surface area contributed by atoms with E-state index >= 15 is 0 Å². The molecule has 134 valence electrons. The predicted octanol–water partition coefficient (Wildman–Crippen LogP) is 3.81. The van der Waals surface area contributed by atoms with E-state index in [9.17, 15) is 14.4 Å². The van der Waals surface area contributed by atoms with Crippen LogP contribution in [0.2, 0.25) is 5.02 Å². The maximum atomic E-state index is 12.0. The second kappa shape index (κ2) is 7.16. The van der Waals surface area contributed by atoms with Crippen LogP contribution in [0.4, 0.5) is 0 Å². The Kier molecular flexibility index (Phi) is 5.13. The highest BCUT2D eigenvalue weighted by Crippen LogP contribution is 2.44. The van der Waals surface area contributed by atoms with Gasteiger partial charge in [0.15, 0.2) is 0 Å². The molecule has 2 aliphatic rings. The number of carboxylic acid groups (broad SMARTS) is 1. The minimum atomic E-state index is -1.06. The van der Waals surface area contributed by atoms with Gasteiger partial charge in [-0.2, -0.15) is 0 Å². The van der Waals surface area contributed by atoms with E-state index in [1.54, 1.807) is 12.1 Å². The van der Waals surface area contributed by atoms with Crippen LogP contribution >= 0.6 is 11.6 Å². The summed E-state index contributed by atoms with van der Waals surface area (Å²) in [5, 5.41) is 9.25. The molecular weight excluding hydrogens is 344 g/mol. The van der Waals surface area contributed by atoms with Gasteiger partial charge in [0.05, 0.1) is 10.6 Å². The molecule has 0 radical (unpaired) electrons. The summed E-state index contributed by atoms with van der Waals surface area (Å²) in [4.78, 5) is 35.0. The summed E-state index contributed by atoms with van der Waals surface area (Å²) in [6, 6.07) is 4.85. The van der Waals surface area contributed by atoms with Crippen molar-refractivity contribution < 1.29 is 24.2 Å². The largest absolute Gasteiger partial charge is 0.478 e. The maximum Gasteiger partial charge on any atom is 0.337 e. The smallest absolute Gasteiger partial charge is 0.337 e. The number of carbonyl (C=O) groups is 3. The Morgan fingerprint density at radius 1 is 1.28 bits per heavy atom. The molecule has 1 saturated carbocycles. The van der Waals surface area contributed by atoms with Gasteiger partial charge in [0.1, 0.15) is 17.8 Å². The molecule has 1 N–H and O–H groups in total. The minimum absolute atomic E-state index is 0.0533. The molecule has 0 aromatic heterocycles. The molecule has 1 atom stereocenters. The summed E-state index contributed by atoms with van der Waals surface area (Å²) in [6.07, 6.45) is 5.42. The van der Waals surface area contributed by atoms with Crippen molar-refractivity contribution in [3.8, 4) is 0 Å². The van der Waals surface area contributed by atoms with Gasteiger partial charge in [0, 0.05) is 6.42 Å². The van der Waals surface area contributed by atoms with Gasteiger partial charge in [0.2, 0.25) is 0 Å². The van der Waals surface area contributed by atoms with Crippen molar-refractivity contribution in [1.29, 1.82) is 0 Å². The fourth-order valence-corrected chi connectivity index (χ4v) is 4.41. The number of halogens is 1. The topological polar surface area (TPSA) is 80.7 Å². The predicted molar refractivity (Wildman–Crippen MR) is 91.8 cm³/mol. The molecule has 1 aliphatic carbocycles. The normalized spacial score (nSPS) is 24.4. The van der Waals surface area contributed by atoms with E-state index in [0.717, 1.165) is 31.2 Å². The number of aromatic carboxylic acids is 1. The first-order chi connectivity index (χ1) is 11.9. The van der Waals surface area contributed by atoms with E-state index in [1.807, 2.05) is 0 Å². The molecule has 6 heteroatoms. The number of Topliss-reactive ketones (excluding diaryl/α,β-unsaturated/α-hetero) is 1. The highest BCUT2D eigenvalue weighted by Gasteiger charge is 2.47. The van der Waals surface area contributed by atoms with Gasteiger partial charge in [-0.3, -0.25) is 9.59 Å². The molecule has 1 aromatic carbocycles. The van der Waals surface area contributed by atoms with E-state index in [2.05, 4.69) is 0 Å². The van der Waals surface area contributed by atoms with Crippen LogP contribution in [-0.2, 0) is 20.7 Å². The number of aryl methyl sites for hydroxylation is 1. The molecule has 5 nitrogen and oxygen atoms in total. The fraction of sp³-hybridized carbons (Fsp3) is 0.526. The Balaban J connectivity index is 1.79. The summed E-state index contributed by atoms with van der Waals surface area (Å²) < 4.78 is 5.76. The number of rotatable bonds is 5. The zero-order chi connectivity index (χ0) is 18.0. The quantitative estimate of drug-likeness (QED) is 0.634. The van der Waals surface area contributed by atoms with Crippen LogP contribution in [0.5, 0.6) is 0 Å². The van der Waals surface area contributed by atoms with Crippen molar-refractivity contribution in [3.63, 3.8) is 0 Å². The molecule has 0 bridgehead atoms. The third-order valence-corrected chi connectivity index (χ3v) is 5.67. The number of hydrogen-bond acceptors (Lipinski definition) is 4. The van der Waals surface area contributed by atoms with Crippen LogP contribution in [0, 0.1) is 5.92 Å². The van der Waals surface area contributed by atoms with E-state index < -0.39 is 17.5 Å². The Hall–Kier alpha value is -1.88. The Bertz CT molecular complexity index is 690. The van der Waals surface area contributed by atoms with Crippen molar-refractivity contribution in [1.82, 2.24) is 0 Å². The lowest BCUT2D eigenvalue weighted by atomic mass is 9.76. The van der Waals surface area contributed by atoms with Crippen molar-refractivity contribution in [2.24, 2.45) is 5.92 Å². The van der Waals surface area contributed by atoms with Gasteiger partial charge in [-0.25, -0.2) is 4.79 Å². The molecular formula is C19H21ClO5. The van der Waals surface area contributed by atoms with E-state index in [4.69, 9.17) is 21.4 Å². The van der Waals surface area contributed by atoms with Crippen LogP contribution in [0.3, 0.4) is 0 Å². The van der Waals surface area contributed by atoms with Crippen LogP contribution in [0.15, 0.2) is 18.2 Å². The average Bonchev–Trinajstić information content (AvgIpc) is 3.07. The fourth-order valence-electron chi connectivity index (χ4n) is 4.12. The summed E-state index contributed by atoms with van der Waals surface area (Å²) in [5.74, 6) is -1.33. The second-order valence-electron chi connectivity index (χ2n) is 7.03. The molecule has 1 unspecified atom stereocenters. The molecule has 1 aromatic rings. The monoisotopic (exact) mass is 364 g/mol. The Morgan fingerprint density at radius 2 is 2.00 bits per heavy atom. The number of cyclic esters (lactones) is 1. The lowest BCUT2D eigenvalue weighted by molar-refractivity contribution is -0.178. The Labute approximate surface area is 151 Å². The van der Waals surface area contributed by atoms with E-state index in [1.165, 1.54) is 6.07 Å². The summed E-state index contributed by atoms with van der Waals surface area (Å²) in [6.45, 7) is 0. The number of ether oxygens (including phenoxy) is 1. The number of carboxylic acids is 1. The van der Waals surface area contributed by atoms with Crippen molar-refractivity contribution in [2.45, 2.75) is 57.0 Å². The minimum Gasteiger partial charge on any atom is -0.478 e. The zero-order valence-electron chi connectivity index (χ0n) is 13.9. The standard InChI is InChI=1S/C19H21ClO5/c20-16-9-12(5-6-15(16)18(23)24)7-8-19(13-3-1-2-4-13)11-14(21)10-17(22)25-19/h5-6,9,13H,1-4,7-8,10-11H2,(H,23,24). The van der Waals surface area contributed by atoms with Crippen molar-refractivity contribution >= 4 is 29.3 Å². The third kappa shape index (κ3) is 3.87. The first-order valence-electron chi connectivity index (χ1n) is 8.65. The van der Waals surface area contributed by atoms with Gasteiger partial charge in [-0.05, 0) is 49.3 Å². The first kappa shape index (κ1) is 17.9. The van der Waals surface area contributed by atoms with Gasteiger partial charge in [0.25, 0.3) is 0 Å². The second-order valence-corrected chi connectivity index (χ2v) is 7.44. The molecule has 0 amide bonds. The van der Waals surface area contributed by atoms with Crippen LogP contribution in [0.25, 0.3) is 0 Å². The molecule has 25 heavy (non-hydrogen) atoms. The van der Waals surface area contributed by atoms with Gasteiger partial charge < -0.3 is 9.84 Å². The molecule has 1 aliphatic heterocycles. The molecule has 1 saturated heterocycles. The third-order valence-electron chi connectivity index (χ3n) is 5.35. The zero-order valence-corrected chi connectivity index (χ0v) is 14.7. The number of hydrogen-bond donors (Lipinski definition) is 1. The number of ketones is 1. The van der Waals surface area contributed by atoms with Crippen LogP contribution in [0.1, 0.15) is 60.9 Å². The molecule has 1 heterocycles. The van der Waals surface area contributed by atoms with Gasteiger partial charge in [-0.15, -0.1) is 0 Å². The first-order valence-corrected chi connectivity index (χ1v) is 9.03. The molecule has 3 rings (SSSR count). The summed E-state index contributed by atoms with van der Waals surface area (Å²) in [5.41, 5.74) is 0.220. The summed E-state index contributed by atoms with van der Waals surface area (Å²) >= 11 is 6.03. The maximum absolute atomic E-state index is 12.0. The van der Waals surface area contributed by atoms with Crippen LogP contribution in [-0.4, -0.2) is 28.4 Å². The van der Waals surface area contributed by atoms with Gasteiger partial charge >= 0.3 is 11.9 Å². The highest BCUT2D eigenvalue weighted by atomic mass is 35.5.